The molecule has 0 saturated carbocycles. The Bertz CT molecular complexity index is 957. The van der Waals surface area contributed by atoms with E-state index in [-0.39, 0.29) is 11.7 Å². The van der Waals surface area contributed by atoms with Crippen LogP contribution in [0.4, 0.5) is 10.1 Å². The normalized spacial score (nSPS) is 17.6. The molecule has 1 atom stereocenters. The van der Waals surface area contributed by atoms with Crippen LogP contribution in [0.15, 0.2) is 58.4 Å². The van der Waals surface area contributed by atoms with E-state index in [9.17, 15) is 14.0 Å². The van der Waals surface area contributed by atoms with Gasteiger partial charge in [0.2, 0.25) is 0 Å². The molecule has 8 heteroatoms. The summed E-state index contributed by atoms with van der Waals surface area (Å²) in [6.07, 6.45) is 1.07. The summed E-state index contributed by atoms with van der Waals surface area (Å²) in [5, 5.41) is 12.2. The van der Waals surface area contributed by atoms with Crippen LogP contribution in [0.1, 0.15) is 18.9 Å². The standard InChI is InChI=1S/C20H17FN2O4S/c1-2-16(19(25)26)27-15-5-3-4-12(10-15)11-17-18(24)23-20(28-17)22-14-8-6-13(21)7-9-14/h3-11,16H,2H2,1H3,(H,25,26)(H,22,23,24)/b17-11+. The highest BCUT2D eigenvalue weighted by atomic mass is 32.2. The molecule has 1 aliphatic heterocycles. The zero-order valence-electron chi connectivity index (χ0n) is 14.9. The first kappa shape index (κ1) is 19.6. The molecule has 6 nitrogen and oxygen atoms in total. The number of nitrogens with one attached hydrogen (secondary N) is 1. The van der Waals surface area contributed by atoms with Gasteiger partial charge in [0.15, 0.2) is 11.3 Å². The molecule has 2 aromatic rings. The lowest BCUT2D eigenvalue weighted by molar-refractivity contribution is -0.145. The number of carboxylic acid groups (broad SMARTS) is 1. The third kappa shape index (κ3) is 4.98. The fraction of sp³-hybridized carbons (Fsp3) is 0.150. The van der Waals surface area contributed by atoms with E-state index in [0.29, 0.717) is 33.5 Å². The molecule has 1 fully saturated rings. The summed E-state index contributed by atoms with van der Waals surface area (Å²) in [5.41, 5.74) is 1.22. The van der Waals surface area contributed by atoms with Gasteiger partial charge in [-0.25, -0.2) is 14.2 Å². The lowest BCUT2D eigenvalue weighted by atomic mass is 10.2. The van der Waals surface area contributed by atoms with Crippen LogP contribution in [0.25, 0.3) is 6.08 Å². The Balaban J connectivity index is 1.76. The number of halogens is 1. The number of amidine groups is 1. The Morgan fingerprint density at radius 3 is 2.75 bits per heavy atom. The number of ether oxygens (including phenoxy) is 1. The summed E-state index contributed by atoms with van der Waals surface area (Å²) < 4.78 is 18.4. The maximum atomic E-state index is 13.0. The molecule has 2 aromatic carbocycles. The van der Waals surface area contributed by atoms with Crippen molar-refractivity contribution in [2.75, 3.05) is 0 Å². The van der Waals surface area contributed by atoms with E-state index in [1.165, 1.54) is 24.3 Å². The molecule has 0 bridgehead atoms. The molecule has 2 N–H and O–H groups in total. The van der Waals surface area contributed by atoms with Gasteiger partial charge < -0.3 is 15.2 Å². The Hall–Kier alpha value is -3.13. The molecular formula is C20H17FN2O4S. The highest BCUT2D eigenvalue weighted by Gasteiger charge is 2.24. The van der Waals surface area contributed by atoms with E-state index in [0.717, 1.165) is 11.8 Å². The number of benzene rings is 2. The van der Waals surface area contributed by atoms with Crippen LogP contribution < -0.4 is 10.1 Å². The average Bonchev–Trinajstić information content (AvgIpc) is 3.00. The number of nitrogens with zero attached hydrogens (tertiary/aromatic N) is 1. The SMILES string of the molecule is CCC(Oc1cccc(/C=C2/SC(=Nc3ccc(F)cc3)NC2=O)c1)C(=O)O. The minimum atomic E-state index is -1.03. The Kier molecular flexibility index (Phi) is 6.10. The molecule has 3 rings (SSSR count). The summed E-state index contributed by atoms with van der Waals surface area (Å²) in [6.45, 7) is 1.73. The number of carboxylic acids is 1. The van der Waals surface area contributed by atoms with Gasteiger partial charge in [0.25, 0.3) is 5.91 Å². The van der Waals surface area contributed by atoms with Gasteiger partial charge in [-0.3, -0.25) is 4.79 Å². The molecule has 0 aromatic heterocycles. The van der Waals surface area contributed by atoms with Gasteiger partial charge >= 0.3 is 5.97 Å². The van der Waals surface area contributed by atoms with Crippen LogP contribution in [0.5, 0.6) is 5.75 Å². The molecule has 1 aliphatic rings. The minimum Gasteiger partial charge on any atom is -0.479 e. The van der Waals surface area contributed by atoms with Gasteiger partial charge in [0.1, 0.15) is 11.6 Å². The first-order valence-electron chi connectivity index (χ1n) is 8.49. The molecule has 1 saturated heterocycles. The molecule has 0 spiro atoms. The summed E-state index contributed by atoms with van der Waals surface area (Å²) in [5.74, 6) is -1.28. The first-order valence-corrected chi connectivity index (χ1v) is 9.31. The highest BCUT2D eigenvalue weighted by Crippen LogP contribution is 2.29. The lowest BCUT2D eigenvalue weighted by Crippen LogP contribution is -2.25. The fourth-order valence-electron chi connectivity index (χ4n) is 2.42. The van der Waals surface area contributed by atoms with E-state index < -0.39 is 12.1 Å². The molecule has 0 radical (unpaired) electrons. The number of rotatable bonds is 6. The maximum Gasteiger partial charge on any atom is 0.344 e. The van der Waals surface area contributed by atoms with Gasteiger partial charge in [-0.2, -0.15) is 0 Å². The van der Waals surface area contributed by atoms with Crippen LogP contribution in [0.3, 0.4) is 0 Å². The maximum absolute atomic E-state index is 13.0. The van der Waals surface area contributed by atoms with Crippen LogP contribution in [-0.4, -0.2) is 28.3 Å². The molecule has 1 amide bonds. The van der Waals surface area contributed by atoms with E-state index in [1.54, 1.807) is 37.3 Å². The number of hydrogen-bond donors (Lipinski definition) is 2. The highest BCUT2D eigenvalue weighted by molar-refractivity contribution is 8.18. The number of thioether (sulfide) groups is 1. The van der Waals surface area contributed by atoms with Crippen molar-refractivity contribution in [3.63, 3.8) is 0 Å². The summed E-state index contributed by atoms with van der Waals surface area (Å²) >= 11 is 1.16. The van der Waals surface area contributed by atoms with Gasteiger partial charge in [-0.05, 0) is 66.2 Å². The smallest absolute Gasteiger partial charge is 0.344 e. The Labute approximate surface area is 165 Å². The first-order chi connectivity index (χ1) is 13.4. The zero-order valence-corrected chi connectivity index (χ0v) is 15.7. The van der Waals surface area contributed by atoms with Crippen molar-refractivity contribution in [2.24, 2.45) is 4.99 Å². The van der Waals surface area contributed by atoms with E-state index in [1.807, 2.05) is 0 Å². The molecule has 28 heavy (non-hydrogen) atoms. The molecule has 1 unspecified atom stereocenters. The van der Waals surface area contributed by atoms with Gasteiger partial charge in [0, 0.05) is 0 Å². The van der Waals surface area contributed by atoms with E-state index in [4.69, 9.17) is 9.84 Å². The minimum absolute atomic E-state index is 0.297. The third-order valence-electron chi connectivity index (χ3n) is 3.79. The Morgan fingerprint density at radius 1 is 1.32 bits per heavy atom. The predicted molar refractivity (Wildman–Crippen MR) is 106 cm³/mol. The molecule has 0 aliphatic carbocycles. The van der Waals surface area contributed by atoms with Crippen molar-refractivity contribution in [1.82, 2.24) is 5.32 Å². The van der Waals surface area contributed by atoms with Crippen LogP contribution in [0.2, 0.25) is 0 Å². The second-order valence-corrected chi connectivity index (χ2v) is 6.91. The topological polar surface area (TPSA) is 88.0 Å². The van der Waals surface area contributed by atoms with Crippen molar-refractivity contribution in [3.8, 4) is 5.75 Å². The third-order valence-corrected chi connectivity index (χ3v) is 4.70. The second kappa shape index (κ2) is 8.71. The predicted octanol–water partition coefficient (Wildman–Crippen LogP) is 3.96. The van der Waals surface area contributed by atoms with E-state index >= 15 is 0 Å². The van der Waals surface area contributed by atoms with Crippen molar-refractivity contribution >= 4 is 40.6 Å². The summed E-state index contributed by atoms with van der Waals surface area (Å²) in [4.78, 5) is 28.0. The van der Waals surface area contributed by atoms with Crippen molar-refractivity contribution in [2.45, 2.75) is 19.4 Å². The van der Waals surface area contributed by atoms with Gasteiger partial charge in [0.05, 0.1) is 10.6 Å². The lowest BCUT2D eigenvalue weighted by Gasteiger charge is -2.13. The summed E-state index contributed by atoms with van der Waals surface area (Å²) in [6, 6.07) is 12.5. The fourth-order valence-corrected chi connectivity index (χ4v) is 3.26. The number of carbonyl (C=O) groups excluding carboxylic acids is 1. The number of amides is 1. The Morgan fingerprint density at radius 2 is 2.07 bits per heavy atom. The number of hydrogen-bond acceptors (Lipinski definition) is 5. The van der Waals surface area contributed by atoms with Crippen molar-refractivity contribution in [1.29, 1.82) is 0 Å². The quantitative estimate of drug-likeness (QED) is 0.717. The van der Waals surface area contributed by atoms with Crippen LogP contribution >= 0.6 is 11.8 Å². The summed E-state index contributed by atoms with van der Waals surface area (Å²) in [7, 11) is 0. The van der Waals surface area contributed by atoms with Gasteiger partial charge in [-0.1, -0.05) is 19.1 Å². The zero-order chi connectivity index (χ0) is 20.1. The second-order valence-electron chi connectivity index (χ2n) is 5.88. The van der Waals surface area contributed by atoms with Crippen molar-refractivity contribution < 1.29 is 23.8 Å². The van der Waals surface area contributed by atoms with Crippen molar-refractivity contribution in [3.05, 3.63) is 64.8 Å². The largest absolute Gasteiger partial charge is 0.479 e. The molecular weight excluding hydrogens is 383 g/mol. The van der Waals surface area contributed by atoms with Gasteiger partial charge in [-0.15, -0.1) is 0 Å². The van der Waals surface area contributed by atoms with Crippen LogP contribution in [-0.2, 0) is 9.59 Å². The number of aliphatic imine (C=N–C) groups is 1. The average molecular weight is 400 g/mol. The molecule has 144 valence electrons. The molecule has 1 heterocycles. The number of carbonyl (C=O) groups is 2. The van der Waals surface area contributed by atoms with E-state index in [2.05, 4.69) is 10.3 Å². The number of aliphatic carboxylic acids is 1. The van der Waals surface area contributed by atoms with Crippen LogP contribution in [0, 0.1) is 5.82 Å². The monoisotopic (exact) mass is 400 g/mol.